The molecule has 0 radical (unpaired) electrons. The Balaban J connectivity index is 2.04. The predicted octanol–water partition coefficient (Wildman–Crippen LogP) is 3.50. The number of nitrogens with one attached hydrogen (secondary N) is 2. The molecule has 3 aromatic rings. The number of hydrogen-bond donors (Lipinski definition) is 3. The summed E-state index contributed by atoms with van der Waals surface area (Å²) in [6.45, 7) is 6.50. The highest BCUT2D eigenvalue weighted by Crippen LogP contribution is 2.38. The molecular weight excluding hydrogens is 489 g/mol. The zero-order chi connectivity index (χ0) is 26.0. The molecule has 0 atom stereocenters. The lowest BCUT2D eigenvalue weighted by Gasteiger charge is -2.17. The molecule has 0 saturated heterocycles. The van der Waals surface area contributed by atoms with Gasteiger partial charge in [-0.25, -0.2) is 13.4 Å². The molecule has 2 aromatic carbocycles. The molecule has 10 nitrogen and oxygen atoms in total. The van der Waals surface area contributed by atoms with Gasteiger partial charge in [0.15, 0.2) is 9.84 Å². The zero-order valence-corrected chi connectivity index (χ0v) is 21.8. The normalized spacial score (nSPS) is 11.8. The van der Waals surface area contributed by atoms with Gasteiger partial charge in [0, 0.05) is 11.5 Å². The molecule has 0 aliphatic carbocycles. The van der Waals surface area contributed by atoms with Gasteiger partial charge < -0.3 is 25.7 Å². The van der Waals surface area contributed by atoms with E-state index in [1.165, 1.54) is 19.4 Å². The topological polar surface area (TPSA) is 153 Å². The first-order valence-corrected chi connectivity index (χ1v) is 14.8. The van der Waals surface area contributed by atoms with Crippen LogP contribution in [-0.4, -0.2) is 50.0 Å². The summed E-state index contributed by atoms with van der Waals surface area (Å²) >= 11 is 0. The fourth-order valence-electron chi connectivity index (χ4n) is 3.16. The number of amides is 1. The number of rotatable bonds is 9. The van der Waals surface area contributed by atoms with Crippen LogP contribution in [0.1, 0.15) is 24.2 Å². The van der Waals surface area contributed by atoms with Crippen LogP contribution in [0.3, 0.4) is 0 Å². The SMILES string of the molecule is COc1cc(P(C)(C)=O)ccc1Nc1ncc(C(N)=O)c(Nc2ccccc2S(=O)(=O)C(C)C)n1. The molecular formula is C23H28N5O5PS. The first-order valence-electron chi connectivity index (χ1n) is 10.6. The van der Waals surface area contributed by atoms with Gasteiger partial charge in [0.25, 0.3) is 5.91 Å². The summed E-state index contributed by atoms with van der Waals surface area (Å²) in [7, 11) is -4.64. The average molecular weight is 518 g/mol. The first kappa shape index (κ1) is 26.2. The third-order valence-electron chi connectivity index (χ3n) is 5.17. The van der Waals surface area contributed by atoms with E-state index in [9.17, 15) is 17.8 Å². The molecule has 35 heavy (non-hydrogen) atoms. The molecule has 0 spiro atoms. The Morgan fingerprint density at radius 1 is 1.09 bits per heavy atom. The Morgan fingerprint density at radius 3 is 2.37 bits per heavy atom. The molecule has 12 heteroatoms. The van der Waals surface area contributed by atoms with Crippen molar-refractivity contribution in [2.24, 2.45) is 5.73 Å². The van der Waals surface area contributed by atoms with Crippen molar-refractivity contribution in [2.45, 2.75) is 24.0 Å². The average Bonchev–Trinajstić information content (AvgIpc) is 2.78. The summed E-state index contributed by atoms with van der Waals surface area (Å²) in [6, 6.07) is 11.4. The smallest absolute Gasteiger partial charge is 0.254 e. The van der Waals surface area contributed by atoms with Crippen molar-refractivity contribution in [1.82, 2.24) is 9.97 Å². The molecule has 1 aromatic heterocycles. The maximum absolute atomic E-state index is 12.8. The van der Waals surface area contributed by atoms with Crippen molar-refractivity contribution >= 4 is 51.3 Å². The standard InChI is InChI=1S/C23H28N5O5PS/c1-14(2)35(31,32)20-9-7-6-8-18(20)26-22-16(21(24)29)13-25-23(28-22)27-17-11-10-15(34(4,5)30)12-19(17)33-3/h6-14H,1-5H3,(H2,24,29)(H2,25,26,27,28). The zero-order valence-electron chi connectivity index (χ0n) is 20.1. The second kappa shape index (κ2) is 10.1. The number of anilines is 4. The van der Waals surface area contributed by atoms with Crippen LogP contribution in [-0.2, 0) is 14.4 Å². The fourth-order valence-corrected chi connectivity index (χ4v) is 5.22. The number of nitrogens with two attached hydrogens (primary N) is 1. The van der Waals surface area contributed by atoms with Crippen LogP contribution >= 0.6 is 7.14 Å². The van der Waals surface area contributed by atoms with E-state index in [1.54, 1.807) is 63.6 Å². The van der Waals surface area contributed by atoms with Gasteiger partial charge in [-0.15, -0.1) is 0 Å². The minimum atomic E-state index is -3.62. The molecule has 186 valence electrons. The predicted molar refractivity (Wildman–Crippen MR) is 138 cm³/mol. The van der Waals surface area contributed by atoms with E-state index in [1.807, 2.05) is 0 Å². The summed E-state index contributed by atoms with van der Waals surface area (Å²) in [5.41, 5.74) is 6.23. The van der Waals surface area contributed by atoms with Crippen molar-refractivity contribution < 1.29 is 22.5 Å². The molecule has 0 aliphatic heterocycles. The Morgan fingerprint density at radius 2 is 1.77 bits per heavy atom. The van der Waals surface area contributed by atoms with Crippen molar-refractivity contribution in [3.8, 4) is 5.75 Å². The van der Waals surface area contributed by atoms with E-state index < -0.39 is 28.1 Å². The van der Waals surface area contributed by atoms with Gasteiger partial charge in [-0.1, -0.05) is 12.1 Å². The van der Waals surface area contributed by atoms with Gasteiger partial charge in [0.2, 0.25) is 5.95 Å². The van der Waals surface area contributed by atoms with Crippen LogP contribution in [0.5, 0.6) is 5.75 Å². The van der Waals surface area contributed by atoms with E-state index in [0.29, 0.717) is 16.7 Å². The molecule has 0 aliphatic rings. The number of carbonyl (C=O) groups excluding carboxylic acids is 1. The maximum Gasteiger partial charge on any atom is 0.254 e. The highest BCUT2D eigenvalue weighted by molar-refractivity contribution is 7.92. The van der Waals surface area contributed by atoms with Gasteiger partial charge in [-0.3, -0.25) is 4.79 Å². The number of primary amides is 1. The maximum atomic E-state index is 12.8. The molecule has 0 saturated carbocycles. The van der Waals surface area contributed by atoms with E-state index in [2.05, 4.69) is 20.6 Å². The molecule has 1 heterocycles. The number of ether oxygens (including phenoxy) is 1. The Labute approximate surface area is 204 Å². The number of carbonyl (C=O) groups is 1. The summed E-state index contributed by atoms with van der Waals surface area (Å²) in [6.07, 6.45) is 1.24. The molecule has 3 rings (SSSR count). The molecule has 1 amide bonds. The summed E-state index contributed by atoms with van der Waals surface area (Å²) in [5.74, 6) is -0.226. The Hall–Kier alpha value is -3.43. The molecule has 4 N–H and O–H groups in total. The van der Waals surface area contributed by atoms with Crippen LogP contribution in [0.4, 0.5) is 23.1 Å². The Bertz CT molecular complexity index is 1420. The number of para-hydroxylation sites is 1. The van der Waals surface area contributed by atoms with Crippen molar-refractivity contribution in [1.29, 1.82) is 0 Å². The second-order valence-corrected chi connectivity index (χ2v) is 14.1. The van der Waals surface area contributed by atoms with Crippen LogP contribution < -0.4 is 26.4 Å². The summed E-state index contributed by atoms with van der Waals surface area (Å²) < 4.78 is 43.5. The van der Waals surface area contributed by atoms with Crippen LogP contribution in [0, 0.1) is 0 Å². The number of methoxy groups -OCH3 is 1. The van der Waals surface area contributed by atoms with E-state index in [4.69, 9.17) is 10.5 Å². The lowest BCUT2D eigenvalue weighted by Crippen LogP contribution is -2.18. The largest absolute Gasteiger partial charge is 0.495 e. The number of sulfone groups is 1. The van der Waals surface area contributed by atoms with Crippen molar-refractivity contribution in [3.63, 3.8) is 0 Å². The highest BCUT2D eigenvalue weighted by Gasteiger charge is 2.24. The van der Waals surface area contributed by atoms with E-state index in [0.717, 1.165) is 0 Å². The van der Waals surface area contributed by atoms with Crippen molar-refractivity contribution in [2.75, 3.05) is 31.1 Å². The third kappa shape index (κ3) is 5.80. The van der Waals surface area contributed by atoms with Gasteiger partial charge in [0.1, 0.15) is 24.3 Å². The molecule has 0 unspecified atom stereocenters. The van der Waals surface area contributed by atoms with Crippen LogP contribution in [0.2, 0.25) is 0 Å². The highest BCUT2D eigenvalue weighted by atomic mass is 32.2. The number of nitrogens with zero attached hydrogens (tertiary/aromatic N) is 2. The number of benzene rings is 2. The van der Waals surface area contributed by atoms with Crippen molar-refractivity contribution in [3.05, 3.63) is 54.2 Å². The van der Waals surface area contributed by atoms with Crippen LogP contribution in [0.15, 0.2) is 53.6 Å². The quantitative estimate of drug-likeness (QED) is 0.362. The first-order chi connectivity index (χ1) is 16.3. The van der Waals surface area contributed by atoms with Crippen LogP contribution in [0.25, 0.3) is 0 Å². The van der Waals surface area contributed by atoms with Gasteiger partial charge in [-0.2, -0.15) is 4.98 Å². The van der Waals surface area contributed by atoms with Gasteiger partial charge >= 0.3 is 0 Å². The number of aromatic nitrogens is 2. The third-order valence-corrected chi connectivity index (χ3v) is 8.91. The van der Waals surface area contributed by atoms with Gasteiger partial charge in [0.05, 0.1) is 28.6 Å². The van der Waals surface area contributed by atoms with E-state index in [-0.39, 0.29) is 27.9 Å². The fraction of sp³-hybridized carbons (Fsp3) is 0.261. The lowest BCUT2D eigenvalue weighted by molar-refractivity contribution is 0.100. The molecule has 0 fully saturated rings. The monoisotopic (exact) mass is 517 g/mol. The lowest BCUT2D eigenvalue weighted by atomic mass is 10.2. The summed E-state index contributed by atoms with van der Waals surface area (Å²) in [4.78, 5) is 20.6. The summed E-state index contributed by atoms with van der Waals surface area (Å²) in [5, 5.41) is 5.93. The van der Waals surface area contributed by atoms with Gasteiger partial charge in [-0.05, 0) is 57.5 Å². The minimum absolute atomic E-state index is 0.0208. The number of hydrogen-bond acceptors (Lipinski definition) is 9. The minimum Gasteiger partial charge on any atom is -0.495 e. The second-order valence-electron chi connectivity index (χ2n) is 8.40. The Kier molecular flexibility index (Phi) is 7.52. The van der Waals surface area contributed by atoms with E-state index >= 15 is 0 Å². The molecule has 0 bridgehead atoms.